The van der Waals surface area contributed by atoms with Gasteiger partial charge in [0.15, 0.2) is 0 Å². The fourth-order valence-electron chi connectivity index (χ4n) is 2.37. The van der Waals surface area contributed by atoms with Crippen LogP contribution in [0.25, 0.3) is 5.95 Å². The van der Waals surface area contributed by atoms with Crippen molar-refractivity contribution in [3.63, 3.8) is 0 Å². The van der Waals surface area contributed by atoms with Crippen LogP contribution in [0, 0.1) is 6.92 Å². The smallest absolute Gasteiger partial charge is 0.343 e. The Morgan fingerprint density at radius 1 is 1.35 bits per heavy atom. The van der Waals surface area contributed by atoms with E-state index < -0.39 is 5.97 Å². The summed E-state index contributed by atoms with van der Waals surface area (Å²) in [6, 6.07) is 0. The molecule has 0 aromatic carbocycles. The highest BCUT2D eigenvalue weighted by Gasteiger charge is 2.23. The lowest BCUT2D eigenvalue weighted by Gasteiger charge is -2.29. The Balaban J connectivity index is 2.00. The lowest BCUT2D eigenvalue weighted by atomic mass is 10.2. The molecule has 1 aliphatic heterocycles. The van der Waals surface area contributed by atoms with Gasteiger partial charge in [0.2, 0.25) is 0 Å². The molecule has 3 rings (SSSR count). The SMILES string of the molecule is CCOC(=O)c1cnc(-n2cc(C)cn2)nc1N1CCOCC1. The van der Waals surface area contributed by atoms with Gasteiger partial charge in [-0.15, -0.1) is 0 Å². The van der Waals surface area contributed by atoms with Crippen LogP contribution in [-0.2, 0) is 9.47 Å². The van der Waals surface area contributed by atoms with E-state index >= 15 is 0 Å². The zero-order valence-corrected chi connectivity index (χ0v) is 13.2. The molecule has 8 heteroatoms. The van der Waals surface area contributed by atoms with Crippen LogP contribution < -0.4 is 4.90 Å². The van der Waals surface area contributed by atoms with E-state index in [9.17, 15) is 4.79 Å². The number of ether oxygens (including phenoxy) is 2. The summed E-state index contributed by atoms with van der Waals surface area (Å²) in [5.74, 6) is 0.565. The minimum absolute atomic E-state index is 0.307. The molecule has 0 unspecified atom stereocenters. The third-order valence-electron chi connectivity index (χ3n) is 3.48. The number of nitrogens with zero attached hydrogens (tertiary/aromatic N) is 5. The Bertz CT molecular complexity index is 694. The molecule has 0 atom stereocenters. The summed E-state index contributed by atoms with van der Waals surface area (Å²) in [5, 5.41) is 4.22. The number of hydrogen-bond donors (Lipinski definition) is 0. The molecule has 3 heterocycles. The van der Waals surface area contributed by atoms with Crippen LogP contribution >= 0.6 is 0 Å². The second-order valence-corrected chi connectivity index (χ2v) is 5.19. The molecule has 1 fully saturated rings. The molecular formula is C15H19N5O3. The fraction of sp³-hybridized carbons (Fsp3) is 0.467. The number of anilines is 1. The fourth-order valence-corrected chi connectivity index (χ4v) is 2.37. The minimum Gasteiger partial charge on any atom is -0.462 e. The van der Waals surface area contributed by atoms with Gasteiger partial charge in [-0.25, -0.2) is 14.5 Å². The van der Waals surface area contributed by atoms with Gasteiger partial charge in [-0.2, -0.15) is 10.1 Å². The number of carbonyl (C=O) groups is 1. The highest BCUT2D eigenvalue weighted by molar-refractivity contribution is 5.94. The number of aromatic nitrogens is 4. The van der Waals surface area contributed by atoms with Crippen molar-refractivity contribution < 1.29 is 14.3 Å². The van der Waals surface area contributed by atoms with Gasteiger partial charge in [0.25, 0.3) is 5.95 Å². The molecule has 0 saturated carbocycles. The third-order valence-corrected chi connectivity index (χ3v) is 3.48. The molecule has 1 aliphatic rings. The molecule has 23 heavy (non-hydrogen) atoms. The van der Waals surface area contributed by atoms with Crippen LogP contribution in [0.15, 0.2) is 18.6 Å². The zero-order valence-electron chi connectivity index (χ0n) is 13.2. The number of hydrogen-bond acceptors (Lipinski definition) is 7. The van der Waals surface area contributed by atoms with Gasteiger partial charge < -0.3 is 14.4 Å². The lowest BCUT2D eigenvalue weighted by Crippen LogP contribution is -2.38. The molecule has 122 valence electrons. The third kappa shape index (κ3) is 3.31. The first kappa shape index (κ1) is 15.4. The van der Waals surface area contributed by atoms with Crippen molar-refractivity contribution in [3.8, 4) is 5.95 Å². The van der Waals surface area contributed by atoms with E-state index in [0.29, 0.717) is 50.2 Å². The molecule has 0 aliphatic carbocycles. The van der Waals surface area contributed by atoms with Crippen molar-refractivity contribution in [2.75, 3.05) is 37.8 Å². The number of carbonyl (C=O) groups excluding carboxylic acids is 1. The van der Waals surface area contributed by atoms with Crippen LogP contribution in [0.5, 0.6) is 0 Å². The average Bonchev–Trinajstić information content (AvgIpc) is 3.02. The van der Waals surface area contributed by atoms with Gasteiger partial charge in [-0.1, -0.05) is 0 Å². The minimum atomic E-state index is -0.419. The number of morpholine rings is 1. The Kier molecular flexibility index (Phi) is 4.52. The van der Waals surface area contributed by atoms with Gasteiger partial charge in [0, 0.05) is 25.5 Å². The highest BCUT2D eigenvalue weighted by atomic mass is 16.5. The van der Waals surface area contributed by atoms with Crippen LogP contribution in [0.2, 0.25) is 0 Å². The first-order chi connectivity index (χ1) is 11.2. The van der Waals surface area contributed by atoms with Gasteiger partial charge in [0.05, 0.1) is 26.0 Å². The lowest BCUT2D eigenvalue weighted by molar-refractivity contribution is 0.0525. The molecule has 0 spiro atoms. The van der Waals surface area contributed by atoms with Crippen molar-refractivity contribution in [3.05, 3.63) is 29.7 Å². The predicted octanol–water partition coefficient (Wildman–Crippen LogP) is 0.984. The van der Waals surface area contributed by atoms with Crippen LogP contribution in [-0.4, -0.2) is 58.6 Å². The normalized spacial score (nSPS) is 14.8. The maximum absolute atomic E-state index is 12.2. The Labute approximate surface area is 134 Å². The van der Waals surface area contributed by atoms with Gasteiger partial charge >= 0.3 is 5.97 Å². The highest BCUT2D eigenvalue weighted by Crippen LogP contribution is 2.21. The molecule has 0 radical (unpaired) electrons. The monoisotopic (exact) mass is 317 g/mol. The largest absolute Gasteiger partial charge is 0.462 e. The van der Waals surface area contributed by atoms with E-state index in [1.54, 1.807) is 17.8 Å². The Morgan fingerprint density at radius 2 is 2.13 bits per heavy atom. The first-order valence-electron chi connectivity index (χ1n) is 7.57. The summed E-state index contributed by atoms with van der Waals surface area (Å²) in [6.45, 7) is 6.56. The molecular weight excluding hydrogens is 298 g/mol. The summed E-state index contributed by atoms with van der Waals surface area (Å²) >= 11 is 0. The summed E-state index contributed by atoms with van der Waals surface area (Å²) in [6.07, 6.45) is 5.07. The standard InChI is InChI=1S/C15H19N5O3/c1-3-23-14(21)12-9-16-15(20-10-11(2)8-17-20)18-13(12)19-4-6-22-7-5-19/h8-10H,3-7H2,1-2H3. The summed E-state index contributed by atoms with van der Waals surface area (Å²) in [5.41, 5.74) is 1.37. The topological polar surface area (TPSA) is 82.4 Å². The number of esters is 1. The van der Waals surface area contributed by atoms with Crippen molar-refractivity contribution in [2.45, 2.75) is 13.8 Å². The first-order valence-corrected chi connectivity index (χ1v) is 7.57. The summed E-state index contributed by atoms with van der Waals surface area (Å²) in [7, 11) is 0. The van der Waals surface area contributed by atoms with Crippen molar-refractivity contribution in [1.29, 1.82) is 0 Å². The van der Waals surface area contributed by atoms with Crippen molar-refractivity contribution >= 4 is 11.8 Å². The van der Waals surface area contributed by atoms with E-state index in [0.717, 1.165) is 5.56 Å². The Hall–Kier alpha value is -2.48. The molecule has 0 N–H and O–H groups in total. The van der Waals surface area contributed by atoms with Crippen molar-refractivity contribution in [1.82, 2.24) is 19.7 Å². The molecule has 8 nitrogen and oxygen atoms in total. The summed E-state index contributed by atoms with van der Waals surface area (Å²) < 4.78 is 12.1. The van der Waals surface area contributed by atoms with Gasteiger partial charge in [-0.3, -0.25) is 0 Å². The van der Waals surface area contributed by atoms with Crippen LogP contribution in [0.3, 0.4) is 0 Å². The van der Waals surface area contributed by atoms with E-state index in [1.165, 1.54) is 6.20 Å². The van der Waals surface area contributed by atoms with Gasteiger partial charge in [0.1, 0.15) is 11.4 Å². The number of rotatable bonds is 4. The van der Waals surface area contributed by atoms with Crippen LogP contribution in [0.1, 0.15) is 22.8 Å². The second-order valence-electron chi connectivity index (χ2n) is 5.19. The van der Waals surface area contributed by atoms with Crippen molar-refractivity contribution in [2.24, 2.45) is 0 Å². The van der Waals surface area contributed by atoms with Gasteiger partial charge in [-0.05, 0) is 19.4 Å². The quantitative estimate of drug-likeness (QED) is 0.777. The zero-order chi connectivity index (χ0) is 16.2. The Morgan fingerprint density at radius 3 is 2.78 bits per heavy atom. The summed E-state index contributed by atoms with van der Waals surface area (Å²) in [4.78, 5) is 23.0. The molecule has 0 amide bonds. The van der Waals surface area contributed by atoms with E-state index in [1.807, 2.05) is 18.0 Å². The molecule has 1 saturated heterocycles. The van der Waals surface area contributed by atoms with E-state index in [2.05, 4.69) is 15.1 Å². The van der Waals surface area contributed by atoms with E-state index in [4.69, 9.17) is 9.47 Å². The second kappa shape index (κ2) is 6.74. The molecule has 0 bridgehead atoms. The number of aryl methyl sites for hydroxylation is 1. The average molecular weight is 317 g/mol. The predicted molar refractivity (Wildman–Crippen MR) is 82.9 cm³/mol. The maximum atomic E-state index is 12.2. The molecule has 2 aromatic rings. The van der Waals surface area contributed by atoms with Crippen LogP contribution in [0.4, 0.5) is 5.82 Å². The molecule has 2 aromatic heterocycles. The van der Waals surface area contributed by atoms with E-state index in [-0.39, 0.29) is 0 Å². The maximum Gasteiger partial charge on any atom is 0.343 e.